The van der Waals surface area contributed by atoms with Crippen molar-refractivity contribution in [3.63, 3.8) is 0 Å². The van der Waals surface area contributed by atoms with E-state index in [-0.39, 0.29) is 18.4 Å². The lowest BCUT2D eigenvalue weighted by atomic mass is 10.1. The number of hydrogen-bond donors (Lipinski definition) is 2. The summed E-state index contributed by atoms with van der Waals surface area (Å²) in [4.78, 5) is 26.9. The van der Waals surface area contributed by atoms with Crippen molar-refractivity contribution in [2.24, 2.45) is 5.73 Å². The highest BCUT2D eigenvalue weighted by molar-refractivity contribution is 5.95. The first-order valence-corrected chi connectivity index (χ1v) is 6.45. The molecule has 7 nitrogen and oxygen atoms in total. The van der Waals surface area contributed by atoms with Gasteiger partial charge in [-0.15, -0.1) is 0 Å². The maximum atomic E-state index is 12.0. The summed E-state index contributed by atoms with van der Waals surface area (Å²) in [5, 5.41) is 6.41. The van der Waals surface area contributed by atoms with E-state index in [0.29, 0.717) is 17.3 Å². The first-order valence-electron chi connectivity index (χ1n) is 6.45. The Morgan fingerprint density at radius 3 is 2.52 bits per heavy atom. The highest BCUT2D eigenvalue weighted by Crippen LogP contribution is 2.17. The van der Waals surface area contributed by atoms with Crippen LogP contribution < -0.4 is 11.1 Å². The van der Waals surface area contributed by atoms with Gasteiger partial charge in [0, 0.05) is 23.6 Å². The number of aromatic nitrogens is 2. The van der Waals surface area contributed by atoms with Gasteiger partial charge in [0.1, 0.15) is 0 Å². The van der Waals surface area contributed by atoms with Crippen molar-refractivity contribution in [3.05, 3.63) is 35.7 Å². The summed E-state index contributed by atoms with van der Waals surface area (Å²) in [5.41, 5.74) is 6.29. The van der Waals surface area contributed by atoms with Crippen molar-refractivity contribution >= 4 is 11.8 Å². The number of aryl methyl sites for hydroxylation is 1. The molecule has 21 heavy (non-hydrogen) atoms. The number of rotatable bonds is 5. The normalized spacial score (nSPS) is 11.9. The molecule has 1 aromatic heterocycles. The fourth-order valence-electron chi connectivity index (χ4n) is 1.84. The van der Waals surface area contributed by atoms with Crippen LogP contribution in [0.15, 0.2) is 28.8 Å². The van der Waals surface area contributed by atoms with Gasteiger partial charge in [-0.3, -0.25) is 9.59 Å². The quantitative estimate of drug-likeness (QED) is 0.853. The van der Waals surface area contributed by atoms with E-state index in [1.807, 2.05) is 0 Å². The van der Waals surface area contributed by atoms with Crippen LogP contribution in [-0.2, 0) is 4.79 Å². The Balaban J connectivity index is 2.05. The minimum absolute atomic E-state index is 0.102. The van der Waals surface area contributed by atoms with Gasteiger partial charge in [-0.1, -0.05) is 5.16 Å². The number of amides is 2. The summed E-state index contributed by atoms with van der Waals surface area (Å²) in [5.74, 6) is 0.232. The third-order valence-electron chi connectivity index (χ3n) is 2.81. The second kappa shape index (κ2) is 6.17. The lowest BCUT2D eigenvalue weighted by molar-refractivity contribution is -0.118. The molecule has 0 saturated heterocycles. The maximum absolute atomic E-state index is 12.0. The van der Waals surface area contributed by atoms with Crippen LogP contribution in [-0.4, -0.2) is 28.0 Å². The molecule has 0 radical (unpaired) electrons. The van der Waals surface area contributed by atoms with Gasteiger partial charge in [0.05, 0.1) is 0 Å². The second-order valence-corrected chi connectivity index (χ2v) is 4.77. The molecule has 2 aromatic rings. The number of carbonyl (C=O) groups is 2. The van der Waals surface area contributed by atoms with Crippen LogP contribution in [0.1, 0.15) is 29.5 Å². The summed E-state index contributed by atoms with van der Waals surface area (Å²) in [6, 6.07) is 6.44. The number of nitrogens with one attached hydrogen (secondary N) is 1. The van der Waals surface area contributed by atoms with E-state index in [1.54, 1.807) is 38.1 Å². The largest absolute Gasteiger partial charge is 0.370 e. The molecule has 0 saturated carbocycles. The Labute approximate surface area is 121 Å². The van der Waals surface area contributed by atoms with Gasteiger partial charge in [0.15, 0.2) is 5.82 Å². The van der Waals surface area contributed by atoms with E-state index >= 15 is 0 Å². The monoisotopic (exact) mass is 288 g/mol. The average molecular weight is 288 g/mol. The molecule has 0 aliphatic heterocycles. The summed E-state index contributed by atoms with van der Waals surface area (Å²) in [6.07, 6.45) is 0.102. The highest BCUT2D eigenvalue weighted by Gasteiger charge is 2.12. The number of nitrogens with two attached hydrogens (primary N) is 1. The molecule has 2 amide bonds. The van der Waals surface area contributed by atoms with Gasteiger partial charge in [-0.05, 0) is 38.1 Å². The SMILES string of the molecule is Cc1noc(-c2ccc(C(=O)N[C@H](C)CC(N)=O)cc2)n1. The van der Waals surface area contributed by atoms with Crippen LogP contribution in [0.25, 0.3) is 11.5 Å². The van der Waals surface area contributed by atoms with Gasteiger partial charge in [0.25, 0.3) is 11.8 Å². The first kappa shape index (κ1) is 14.7. The molecule has 2 rings (SSSR count). The van der Waals surface area contributed by atoms with Crippen molar-refractivity contribution in [1.29, 1.82) is 0 Å². The average Bonchev–Trinajstić information content (AvgIpc) is 2.84. The Morgan fingerprint density at radius 1 is 1.33 bits per heavy atom. The fourth-order valence-corrected chi connectivity index (χ4v) is 1.84. The van der Waals surface area contributed by atoms with Crippen LogP contribution in [0.4, 0.5) is 0 Å². The molecule has 1 aromatic carbocycles. The van der Waals surface area contributed by atoms with Crippen LogP contribution in [0, 0.1) is 6.92 Å². The molecule has 110 valence electrons. The van der Waals surface area contributed by atoms with E-state index < -0.39 is 5.91 Å². The van der Waals surface area contributed by atoms with E-state index in [1.165, 1.54) is 0 Å². The van der Waals surface area contributed by atoms with Crippen molar-refractivity contribution < 1.29 is 14.1 Å². The summed E-state index contributed by atoms with van der Waals surface area (Å²) in [6.45, 7) is 3.45. The summed E-state index contributed by atoms with van der Waals surface area (Å²) in [7, 11) is 0. The third kappa shape index (κ3) is 3.88. The Morgan fingerprint density at radius 2 is 2.00 bits per heavy atom. The van der Waals surface area contributed by atoms with Crippen molar-refractivity contribution in [2.45, 2.75) is 26.3 Å². The molecule has 1 heterocycles. The van der Waals surface area contributed by atoms with Gasteiger partial charge >= 0.3 is 0 Å². The van der Waals surface area contributed by atoms with E-state index in [0.717, 1.165) is 5.56 Å². The molecule has 0 spiro atoms. The Hall–Kier alpha value is -2.70. The predicted molar refractivity (Wildman–Crippen MR) is 75.2 cm³/mol. The molecule has 0 bridgehead atoms. The molecule has 7 heteroatoms. The molecule has 3 N–H and O–H groups in total. The van der Waals surface area contributed by atoms with Gasteiger partial charge in [-0.2, -0.15) is 4.98 Å². The van der Waals surface area contributed by atoms with Gasteiger partial charge in [0.2, 0.25) is 5.91 Å². The van der Waals surface area contributed by atoms with Crippen molar-refractivity contribution in [1.82, 2.24) is 15.5 Å². The number of nitrogens with zero attached hydrogens (tertiary/aromatic N) is 2. The first-order chi connectivity index (χ1) is 9.95. The summed E-state index contributed by atoms with van der Waals surface area (Å²) < 4.78 is 5.05. The minimum Gasteiger partial charge on any atom is -0.370 e. The van der Waals surface area contributed by atoms with Crippen molar-refractivity contribution in [3.8, 4) is 11.5 Å². The van der Waals surface area contributed by atoms with E-state index in [4.69, 9.17) is 10.3 Å². The maximum Gasteiger partial charge on any atom is 0.257 e. The molecule has 0 unspecified atom stereocenters. The Bertz CT molecular complexity index is 648. The molecule has 0 fully saturated rings. The lowest BCUT2D eigenvalue weighted by Gasteiger charge is -2.11. The molecule has 0 aliphatic rings. The van der Waals surface area contributed by atoms with Crippen LogP contribution >= 0.6 is 0 Å². The van der Waals surface area contributed by atoms with Gasteiger partial charge < -0.3 is 15.6 Å². The number of carbonyl (C=O) groups excluding carboxylic acids is 2. The number of primary amides is 1. The fraction of sp³-hybridized carbons (Fsp3) is 0.286. The number of benzene rings is 1. The standard InChI is InChI=1S/C14H16N4O3/c1-8(7-12(15)19)16-13(20)10-3-5-11(6-4-10)14-17-9(2)18-21-14/h3-6,8H,7H2,1-2H3,(H2,15,19)(H,16,20)/t8-/m1/s1. The smallest absolute Gasteiger partial charge is 0.257 e. The molecule has 1 atom stereocenters. The zero-order chi connectivity index (χ0) is 15.4. The van der Waals surface area contributed by atoms with Crippen LogP contribution in [0.2, 0.25) is 0 Å². The van der Waals surface area contributed by atoms with Crippen molar-refractivity contribution in [2.75, 3.05) is 0 Å². The lowest BCUT2D eigenvalue weighted by Crippen LogP contribution is -2.35. The summed E-state index contributed by atoms with van der Waals surface area (Å²) >= 11 is 0. The second-order valence-electron chi connectivity index (χ2n) is 4.77. The molecular formula is C14H16N4O3. The van der Waals surface area contributed by atoms with E-state index in [2.05, 4.69) is 15.5 Å². The zero-order valence-electron chi connectivity index (χ0n) is 11.8. The molecular weight excluding hydrogens is 272 g/mol. The number of hydrogen-bond acceptors (Lipinski definition) is 5. The van der Waals surface area contributed by atoms with Gasteiger partial charge in [-0.25, -0.2) is 0 Å². The van der Waals surface area contributed by atoms with E-state index in [9.17, 15) is 9.59 Å². The van der Waals surface area contributed by atoms with Crippen LogP contribution in [0.3, 0.4) is 0 Å². The Kier molecular flexibility index (Phi) is 4.32. The predicted octanol–water partition coefficient (Wildman–Crippen LogP) is 1.04. The topological polar surface area (TPSA) is 111 Å². The van der Waals surface area contributed by atoms with Crippen LogP contribution in [0.5, 0.6) is 0 Å². The zero-order valence-corrected chi connectivity index (χ0v) is 11.8. The minimum atomic E-state index is -0.454. The third-order valence-corrected chi connectivity index (χ3v) is 2.81. The highest BCUT2D eigenvalue weighted by atomic mass is 16.5. The molecule has 0 aliphatic carbocycles.